The molecule has 132 valence electrons. The average Bonchev–Trinajstić information content (AvgIpc) is 2.66. The van der Waals surface area contributed by atoms with Crippen LogP contribution < -0.4 is 5.32 Å². The van der Waals surface area contributed by atoms with E-state index in [4.69, 9.17) is 0 Å². The van der Waals surface area contributed by atoms with E-state index in [1.807, 2.05) is 24.3 Å². The summed E-state index contributed by atoms with van der Waals surface area (Å²) >= 11 is 0. The normalized spacial score (nSPS) is 28.1. The Kier molecular flexibility index (Phi) is 4.46. The molecule has 2 atom stereocenters. The van der Waals surface area contributed by atoms with Crippen LogP contribution in [0.25, 0.3) is 11.1 Å². The zero-order chi connectivity index (χ0) is 17.4. The number of nitrogens with zero attached hydrogens (tertiary/aromatic N) is 2. The van der Waals surface area contributed by atoms with E-state index in [2.05, 4.69) is 29.0 Å². The second-order valence-corrected chi connectivity index (χ2v) is 7.38. The standard InChI is InChI=1S/C21H26FN3/c1-3-15-4-6-19(22)18(12-15)17-5-7-20(23-13-17)24-21-14(2)25-10-8-16(21)9-11-25/h4-7,12-14,16,21H,3,8-11H2,1-2H3,(H,23,24)/t14-,21+/m1/s1. The molecular weight excluding hydrogens is 313 g/mol. The van der Waals surface area contributed by atoms with Crippen LogP contribution in [0.3, 0.4) is 0 Å². The number of nitrogens with one attached hydrogen (secondary N) is 1. The van der Waals surface area contributed by atoms with Gasteiger partial charge in [-0.25, -0.2) is 9.37 Å². The molecule has 3 nitrogen and oxygen atoms in total. The van der Waals surface area contributed by atoms with E-state index >= 15 is 0 Å². The summed E-state index contributed by atoms with van der Waals surface area (Å²) in [6, 6.07) is 10.3. The largest absolute Gasteiger partial charge is 0.365 e. The minimum Gasteiger partial charge on any atom is -0.365 e. The van der Waals surface area contributed by atoms with Gasteiger partial charge in [0.2, 0.25) is 0 Å². The number of aromatic nitrogens is 1. The van der Waals surface area contributed by atoms with E-state index in [0.717, 1.165) is 29.3 Å². The highest BCUT2D eigenvalue weighted by Crippen LogP contribution is 2.34. The van der Waals surface area contributed by atoms with Crippen molar-refractivity contribution in [3.63, 3.8) is 0 Å². The van der Waals surface area contributed by atoms with Crippen molar-refractivity contribution in [3.05, 3.63) is 47.9 Å². The topological polar surface area (TPSA) is 28.2 Å². The maximum Gasteiger partial charge on any atom is 0.131 e. The van der Waals surface area contributed by atoms with Crippen LogP contribution in [-0.2, 0) is 6.42 Å². The van der Waals surface area contributed by atoms with Gasteiger partial charge in [0.1, 0.15) is 11.6 Å². The Balaban J connectivity index is 1.53. The Bertz CT molecular complexity index is 733. The van der Waals surface area contributed by atoms with Crippen LogP contribution >= 0.6 is 0 Å². The van der Waals surface area contributed by atoms with Crippen molar-refractivity contribution in [2.75, 3.05) is 18.4 Å². The second kappa shape index (κ2) is 6.75. The highest BCUT2D eigenvalue weighted by atomic mass is 19.1. The van der Waals surface area contributed by atoms with Crippen molar-refractivity contribution in [2.45, 2.75) is 45.2 Å². The number of piperidine rings is 3. The SMILES string of the molecule is CCc1ccc(F)c(-c2ccc(N[C@@H]3C4CCN(CC4)[C@@H]3C)nc2)c1. The van der Waals surface area contributed by atoms with Gasteiger partial charge in [0.25, 0.3) is 0 Å². The molecule has 5 rings (SSSR count). The molecule has 4 heteroatoms. The summed E-state index contributed by atoms with van der Waals surface area (Å²) in [5.74, 6) is 1.44. The van der Waals surface area contributed by atoms with Gasteiger partial charge in [-0.2, -0.15) is 0 Å². The minimum atomic E-state index is -0.189. The van der Waals surface area contributed by atoms with E-state index in [1.54, 1.807) is 12.3 Å². The van der Waals surface area contributed by atoms with Crippen molar-refractivity contribution < 1.29 is 4.39 Å². The molecule has 25 heavy (non-hydrogen) atoms. The van der Waals surface area contributed by atoms with E-state index in [9.17, 15) is 4.39 Å². The number of hydrogen-bond donors (Lipinski definition) is 1. The Morgan fingerprint density at radius 3 is 2.64 bits per heavy atom. The predicted octanol–water partition coefficient (Wildman–Crippen LogP) is 4.34. The summed E-state index contributed by atoms with van der Waals surface area (Å²) in [6.07, 6.45) is 5.23. The van der Waals surface area contributed by atoms with Gasteiger partial charge in [0, 0.05) is 29.4 Å². The van der Waals surface area contributed by atoms with Crippen molar-refractivity contribution >= 4 is 5.82 Å². The molecule has 4 heterocycles. The first kappa shape index (κ1) is 16.5. The van der Waals surface area contributed by atoms with Crippen LogP contribution in [0.15, 0.2) is 36.5 Å². The number of anilines is 1. The number of halogens is 1. The number of rotatable bonds is 4. The minimum absolute atomic E-state index is 0.189. The van der Waals surface area contributed by atoms with Gasteiger partial charge < -0.3 is 5.32 Å². The number of fused-ring (bicyclic) bond motifs is 3. The maximum absolute atomic E-state index is 14.2. The van der Waals surface area contributed by atoms with Crippen LogP contribution in [0.5, 0.6) is 0 Å². The summed E-state index contributed by atoms with van der Waals surface area (Å²) in [5.41, 5.74) is 2.61. The number of hydrogen-bond acceptors (Lipinski definition) is 3. The van der Waals surface area contributed by atoms with Gasteiger partial charge in [-0.05, 0) is 75.0 Å². The number of pyridine rings is 1. The number of benzene rings is 1. The van der Waals surface area contributed by atoms with Gasteiger partial charge in [-0.3, -0.25) is 4.90 Å². The fourth-order valence-electron chi connectivity index (χ4n) is 4.37. The Labute approximate surface area is 149 Å². The highest BCUT2D eigenvalue weighted by Gasteiger charge is 2.39. The molecule has 3 aliphatic heterocycles. The van der Waals surface area contributed by atoms with E-state index in [1.165, 1.54) is 25.9 Å². The van der Waals surface area contributed by atoms with Crippen LogP contribution in [0, 0.1) is 11.7 Å². The first-order chi connectivity index (χ1) is 12.2. The third kappa shape index (κ3) is 3.15. The fraction of sp³-hybridized carbons (Fsp3) is 0.476. The van der Waals surface area contributed by atoms with Crippen LogP contribution in [0.2, 0.25) is 0 Å². The lowest BCUT2D eigenvalue weighted by atomic mass is 9.79. The third-order valence-corrected chi connectivity index (χ3v) is 6.01. The predicted molar refractivity (Wildman–Crippen MR) is 100 cm³/mol. The third-order valence-electron chi connectivity index (χ3n) is 6.01. The molecule has 0 radical (unpaired) electrons. The first-order valence-corrected chi connectivity index (χ1v) is 9.41. The van der Waals surface area contributed by atoms with Gasteiger partial charge >= 0.3 is 0 Å². The smallest absolute Gasteiger partial charge is 0.131 e. The quantitative estimate of drug-likeness (QED) is 0.898. The molecule has 2 bridgehead atoms. The van der Waals surface area contributed by atoms with Crippen LogP contribution in [0.4, 0.5) is 10.2 Å². The lowest BCUT2D eigenvalue weighted by molar-refractivity contribution is 0.0457. The lowest BCUT2D eigenvalue weighted by Crippen LogP contribution is -2.59. The summed E-state index contributed by atoms with van der Waals surface area (Å²) in [4.78, 5) is 7.13. The molecule has 3 fully saturated rings. The fourth-order valence-corrected chi connectivity index (χ4v) is 4.37. The molecule has 0 unspecified atom stereocenters. The molecule has 1 aromatic carbocycles. The van der Waals surface area contributed by atoms with Gasteiger partial charge in [0.15, 0.2) is 0 Å². The monoisotopic (exact) mass is 339 g/mol. The first-order valence-electron chi connectivity index (χ1n) is 9.41. The molecule has 0 amide bonds. The lowest BCUT2D eigenvalue weighted by Gasteiger charge is -2.50. The van der Waals surface area contributed by atoms with E-state index in [0.29, 0.717) is 17.6 Å². The van der Waals surface area contributed by atoms with Crippen molar-refractivity contribution in [1.29, 1.82) is 0 Å². The van der Waals surface area contributed by atoms with Crippen LogP contribution in [0.1, 0.15) is 32.3 Å². The van der Waals surface area contributed by atoms with E-state index < -0.39 is 0 Å². The molecule has 2 aromatic rings. The van der Waals surface area contributed by atoms with Crippen molar-refractivity contribution in [2.24, 2.45) is 5.92 Å². The zero-order valence-electron chi connectivity index (χ0n) is 15.0. The second-order valence-electron chi connectivity index (χ2n) is 7.38. The highest BCUT2D eigenvalue weighted by molar-refractivity contribution is 5.65. The van der Waals surface area contributed by atoms with Gasteiger partial charge in [-0.1, -0.05) is 13.0 Å². The molecule has 0 aliphatic carbocycles. The molecule has 0 saturated carbocycles. The number of aryl methyl sites for hydroxylation is 1. The molecule has 1 aromatic heterocycles. The summed E-state index contributed by atoms with van der Waals surface area (Å²) in [6.45, 7) is 6.84. The van der Waals surface area contributed by atoms with Gasteiger partial charge in [-0.15, -0.1) is 0 Å². The van der Waals surface area contributed by atoms with Crippen LogP contribution in [-0.4, -0.2) is 35.1 Å². The maximum atomic E-state index is 14.2. The molecule has 3 saturated heterocycles. The average molecular weight is 339 g/mol. The summed E-state index contributed by atoms with van der Waals surface area (Å²) in [5, 5.41) is 3.63. The molecule has 3 aliphatic rings. The summed E-state index contributed by atoms with van der Waals surface area (Å²) in [7, 11) is 0. The molecular formula is C21H26FN3. The summed E-state index contributed by atoms with van der Waals surface area (Å²) < 4.78 is 14.2. The van der Waals surface area contributed by atoms with E-state index in [-0.39, 0.29) is 5.82 Å². The van der Waals surface area contributed by atoms with Gasteiger partial charge in [0.05, 0.1) is 0 Å². The zero-order valence-corrected chi connectivity index (χ0v) is 15.0. The molecule has 1 N–H and O–H groups in total. The Morgan fingerprint density at radius 1 is 1.20 bits per heavy atom. The van der Waals surface area contributed by atoms with Crippen molar-refractivity contribution in [1.82, 2.24) is 9.88 Å². The Hall–Kier alpha value is -1.94. The molecule has 0 spiro atoms. The Morgan fingerprint density at radius 2 is 2.00 bits per heavy atom. The van der Waals surface area contributed by atoms with Crippen molar-refractivity contribution in [3.8, 4) is 11.1 Å².